The molecule has 10 nitrogen and oxygen atoms in total. The summed E-state index contributed by atoms with van der Waals surface area (Å²) < 4.78 is 61.7. The van der Waals surface area contributed by atoms with Crippen LogP contribution in [-0.2, 0) is 42.6 Å². The summed E-state index contributed by atoms with van der Waals surface area (Å²) in [6.45, 7) is 21.8. The van der Waals surface area contributed by atoms with E-state index in [-0.39, 0.29) is 46.6 Å². The normalized spacial score (nSPS) is 50.3. The van der Waals surface area contributed by atoms with Crippen LogP contribution in [0.1, 0.15) is 142 Å². The standard InChI is InChI=1S/C57H78O10/c1-32-22-27-57(60-30-32)35(4)47-45(66-57)29-44-42-21-20-40-28-41(23-25-54(40,7)43(42)24-26-55(44,47)8)62-53-49(36(5)56(9)46(63-53)31-59-51(67-56)39-18-14-11-15-19-39)65-52-48(34(3)33(2)37(6)61-52)64-50(58)38-16-12-10-13-17-38/h10-20,32-37,41-49,51-53H,21-31H2,1-9H3/t32-,33?,34?,35+,36-,37?,41+,42-,43+,44+,45+,46?,47+,48?,49?,51?,52?,53-,54+,55+,56?,57-/m1/s1. The maximum absolute atomic E-state index is 13.7. The van der Waals surface area contributed by atoms with Gasteiger partial charge in [-0.25, -0.2) is 4.79 Å². The van der Waals surface area contributed by atoms with Crippen molar-refractivity contribution in [3.63, 3.8) is 0 Å². The van der Waals surface area contributed by atoms with Crippen LogP contribution in [-0.4, -0.2) is 79.8 Å². The van der Waals surface area contributed by atoms with Crippen LogP contribution in [0.2, 0.25) is 0 Å². The molecule has 10 heteroatoms. The van der Waals surface area contributed by atoms with Gasteiger partial charge in [0, 0.05) is 29.7 Å². The predicted molar refractivity (Wildman–Crippen MR) is 252 cm³/mol. The minimum absolute atomic E-state index is 0.0345. The fraction of sp³-hybridized carbons (Fsp3) is 0.737. The third kappa shape index (κ3) is 7.75. The SMILES string of the molecule is CC1OC(OC2[C@H](O[C@H]3CC[C@@]4(C)C(=CC[C@H]5[C@@H]6C[C@@H]7O[C@]8(CC[C@@H](C)CO8)[C@@H](C)[C@@H]7[C@@]6(C)CC[C@@H]54)C3)OC3COC(c4ccccc4)OC3(C)[C@@H]2C)C(OC(=O)c2ccccc2)C(C)C1C. The van der Waals surface area contributed by atoms with Crippen LogP contribution in [0.3, 0.4) is 0 Å². The van der Waals surface area contributed by atoms with Crippen LogP contribution in [0, 0.1) is 64.1 Å². The lowest BCUT2D eigenvalue weighted by atomic mass is 9.47. The molecular weight excluding hydrogens is 845 g/mol. The lowest BCUT2D eigenvalue weighted by molar-refractivity contribution is -0.409. The molecular formula is C57H78O10. The van der Waals surface area contributed by atoms with E-state index >= 15 is 0 Å². The van der Waals surface area contributed by atoms with Crippen molar-refractivity contribution in [2.45, 2.75) is 187 Å². The van der Waals surface area contributed by atoms with Gasteiger partial charge in [-0.3, -0.25) is 0 Å². The number of allylic oxidation sites excluding steroid dienone is 1. The van der Waals surface area contributed by atoms with E-state index in [0.717, 1.165) is 44.3 Å². The zero-order chi connectivity index (χ0) is 46.6. The minimum atomic E-state index is -0.849. The fourth-order valence-corrected chi connectivity index (χ4v) is 15.7. The van der Waals surface area contributed by atoms with Crippen LogP contribution in [0.4, 0.5) is 0 Å². The highest BCUT2D eigenvalue weighted by molar-refractivity contribution is 5.89. The Morgan fingerprint density at radius 2 is 1.48 bits per heavy atom. The molecule has 5 heterocycles. The molecule has 11 rings (SSSR count). The molecule has 2 aromatic carbocycles. The smallest absolute Gasteiger partial charge is 0.338 e. The highest BCUT2D eigenvalue weighted by atomic mass is 16.8. The van der Waals surface area contributed by atoms with Gasteiger partial charge in [-0.15, -0.1) is 0 Å². The van der Waals surface area contributed by atoms with Crippen LogP contribution in [0.25, 0.3) is 0 Å². The van der Waals surface area contributed by atoms with Gasteiger partial charge in [-0.1, -0.05) is 109 Å². The monoisotopic (exact) mass is 923 g/mol. The molecule has 0 bridgehead atoms. The Morgan fingerprint density at radius 1 is 0.731 bits per heavy atom. The first-order valence-electron chi connectivity index (χ1n) is 26.4. The summed E-state index contributed by atoms with van der Waals surface area (Å²) in [6, 6.07) is 19.2. The maximum Gasteiger partial charge on any atom is 0.338 e. The lowest BCUT2D eigenvalue weighted by Crippen LogP contribution is -2.67. The molecule has 1 spiro atoms. The second-order valence-corrected chi connectivity index (χ2v) is 23.7. The second-order valence-electron chi connectivity index (χ2n) is 23.7. The quantitative estimate of drug-likeness (QED) is 0.197. The van der Waals surface area contributed by atoms with Gasteiger partial charge in [0.15, 0.2) is 30.8 Å². The molecule has 67 heavy (non-hydrogen) atoms. The number of carbonyl (C=O) groups excluding carboxylic acids is 1. The van der Waals surface area contributed by atoms with Gasteiger partial charge < -0.3 is 42.6 Å². The summed E-state index contributed by atoms with van der Waals surface area (Å²) in [4.78, 5) is 13.7. The van der Waals surface area contributed by atoms with Crippen molar-refractivity contribution in [3.05, 3.63) is 83.4 Å². The van der Waals surface area contributed by atoms with Gasteiger partial charge in [0.2, 0.25) is 0 Å². The van der Waals surface area contributed by atoms with Crippen LogP contribution >= 0.6 is 0 Å². The first-order chi connectivity index (χ1) is 32.1. The average Bonchev–Trinajstić information content (AvgIpc) is 3.78. The highest BCUT2D eigenvalue weighted by Gasteiger charge is 2.69. The number of ether oxygens (including phenoxy) is 9. The molecule has 366 valence electrons. The van der Waals surface area contributed by atoms with Crippen molar-refractivity contribution in [2.24, 2.45) is 64.1 Å². The number of benzene rings is 2. The Balaban J connectivity index is 0.834. The van der Waals surface area contributed by atoms with E-state index in [4.69, 9.17) is 42.6 Å². The Kier molecular flexibility index (Phi) is 12.2. The van der Waals surface area contributed by atoms with E-state index in [2.05, 4.69) is 68.4 Å². The highest BCUT2D eigenvalue weighted by Crippen LogP contribution is 2.71. The molecule has 2 aromatic rings. The first kappa shape index (κ1) is 46.7. The first-order valence-corrected chi connectivity index (χ1v) is 26.4. The Hall–Kier alpha value is -2.67. The van der Waals surface area contributed by atoms with E-state index in [9.17, 15) is 4.79 Å². The molecule has 4 aliphatic carbocycles. The van der Waals surface area contributed by atoms with Gasteiger partial charge in [0.25, 0.3) is 0 Å². The van der Waals surface area contributed by atoms with Gasteiger partial charge in [0.1, 0.15) is 17.8 Å². The molecule has 5 aliphatic heterocycles. The topological polar surface area (TPSA) is 100 Å². The Morgan fingerprint density at radius 3 is 2.22 bits per heavy atom. The summed E-state index contributed by atoms with van der Waals surface area (Å²) >= 11 is 0. The van der Waals surface area contributed by atoms with E-state index in [0.29, 0.717) is 53.8 Å². The third-order valence-electron chi connectivity index (χ3n) is 20.3. The zero-order valence-electron chi connectivity index (χ0n) is 41.6. The summed E-state index contributed by atoms with van der Waals surface area (Å²) in [5, 5.41) is 0. The fourth-order valence-electron chi connectivity index (χ4n) is 15.7. The molecule has 0 amide bonds. The zero-order valence-corrected chi connectivity index (χ0v) is 41.6. The van der Waals surface area contributed by atoms with Gasteiger partial charge >= 0.3 is 5.97 Å². The number of hydrogen-bond donors (Lipinski definition) is 0. The van der Waals surface area contributed by atoms with Crippen molar-refractivity contribution in [2.75, 3.05) is 13.2 Å². The third-order valence-corrected chi connectivity index (χ3v) is 20.3. The molecule has 0 N–H and O–H groups in total. The molecule has 0 radical (unpaired) electrons. The summed E-state index contributed by atoms with van der Waals surface area (Å²) in [6.07, 6.45) is 8.94. The number of carbonyl (C=O) groups is 1. The Labute approximate surface area is 399 Å². The van der Waals surface area contributed by atoms with Crippen molar-refractivity contribution in [1.29, 1.82) is 0 Å². The molecule has 5 saturated heterocycles. The van der Waals surface area contributed by atoms with Crippen LogP contribution in [0.5, 0.6) is 0 Å². The number of esters is 1. The minimum Gasteiger partial charge on any atom is -0.453 e. The lowest BCUT2D eigenvalue weighted by Gasteiger charge is -2.59. The van der Waals surface area contributed by atoms with Crippen molar-refractivity contribution < 1.29 is 47.4 Å². The van der Waals surface area contributed by atoms with Gasteiger partial charge in [-0.05, 0) is 124 Å². The van der Waals surface area contributed by atoms with Gasteiger partial charge in [-0.2, -0.15) is 0 Å². The summed E-state index contributed by atoms with van der Waals surface area (Å²) in [7, 11) is 0. The van der Waals surface area contributed by atoms with Crippen molar-refractivity contribution >= 4 is 5.97 Å². The van der Waals surface area contributed by atoms with E-state index < -0.39 is 48.8 Å². The van der Waals surface area contributed by atoms with Gasteiger partial charge in [0.05, 0.1) is 37.1 Å². The maximum atomic E-state index is 13.7. The molecule has 22 atom stereocenters. The number of fused-ring (bicyclic) bond motifs is 8. The van der Waals surface area contributed by atoms with E-state index in [1.807, 2.05) is 48.5 Å². The summed E-state index contributed by atoms with van der Waals surface area (Å²) in [5.74, 6) is 2.71. The molecule has 0 aromatic heterocycles. The Bertz CT molecular complexity index is 2120. The predicted octanol–water partition coefficient (Wildman–Crippen LogP) is 11.2. The van der Waals surface area contributed by atoms with E-state index in [1.165, 1.54) is 25.7 Å². The largest absolute Gasteiger partial charge is 0.453 e. The van der Waals surface area contributed by atoms with Crippen molar-refractivity contribution in [3.8, 4) is 0 Å². The number of rotatable bonds is 7. The average molecular weight is 923 g/mol. The van der Waals surface area contributed by atoms with E-state index in [1.54, 1.807) is 17.7 Å². The summed E-state index contributed by atoms with van der Waals surface area (Å²) in [5.41, 5.74) is 2.64. The molecule has 9 aliphatic rings. The molecule has 9 unspecified atom stereocenters. The molecule has 3 saturated carbocycles. The van der Waals surface area contributed by atoms with Crippen LogP contribution < -0.4 is 0 Å². The number of hydrogen-bond acceptors (Lipinski definition) is 10. The van der Waals surface area contributed by atoms with Crippen LogP contribution in [0.15, 0.2) is 72.3 Å². The van der Waals surface area contributed by atoms with Crippen molar-refractivity contribution in [1.82, 2.24) is 0 Å². The second kappa shape index (κ2) is 17.6. The molecule has 8 fully saturated rings.